The molecule has 1 aromatic carbocycles. The van der Waals surface area contributed by atoms with Gasteiger partial charge in [0.05, 0.1) is 12.7 Å². The zero-order valence-electron chi connectivity index (χ0n) is 10.4. The minimum Gasteiger partial charge on any atom is -0.497 e. The fourth-order valence-electron chi connectivity index (χ4n) is 2.15. The van der Waals surface area contributed by atoms with E-state index in [4.69, 9.17) is 4.74 Å². The molecule has 4 heteroatoms. The smallest absolute Gasteiger partial charge is 0.120 e. The van der Waals surface area contributed by atoms with Crippen molar-refractivity contribution in [2.45, 2.75) is 12.5 Å². The number of nitrogens with one attached hydrogen (secondary N) is 1. The maximum Gasteiger partial charge on any atom is 0.120 e. The van der Waals surface area contributed by atoms with Gasteiger partial charge in [-0.1, -0.05) is 6.07 Å². The highest BCUT2D eigenvalue weighted by atomic mass is 16.5. The normalized spacial score (nSPS) is 25.5. The lowest BCUT2D eigenvalue weighted by atomic mass is 10.1. The van der Waals surface area contributed by atoms with Gasteiger partial charge >= 0.3 is 0 Å². The van der Waals surface area contributed by atoms with E-state index in [0.29, 0.717) is 13.1 Å². The summed E-state index contributed by atoms with van der Waals surface area (Å²) in [7, 11) is 1.67. The molecule has 2 N–H and O–H groups in total. The van der Waals surface area contributed by atoms with Crippen molar-refractivity contribution in [2.24, 2.45) is 0 Å². The average molecular weight is 236 g/mol. The first-order valence-electron chi connectivity index (χ1n) is 5.93. The molecule has 1 aliphatic heterocycles. The summed E-state index contributed by atoms with van der Waals surface area (Å²) in [6.45, 7) is 4.90. The molecule has 0 spiro atoms. The molecular formula is C13H20N2O2. The maximum atomic E-state index is 10.2. The van der Waals surface area contributed by atoms with Crippen LogP contribution in [0.5, 0.6) is 5.75 Å². The van der Waals surface area contributed by atoms with Crippen LogP contribution in [0.25, 0.3) is 0 Å². The van der Waals surface area contributed by atoms with Crippen molar-refractivity contribution in [3.8, 4) is 5.75 Å². The first-order valence-corrected chi connectivity index (χ1v) is 5.93. The van der Waals surface area contributed by atoms with E-state index >= 15 is 0 Å². The Kier molecular flexibility index (Phi) is 3.54. The van der Waals surface area contributed by atoms with Crippen molar-refractivity contribution < 1.29 is 9.84 Å². The Morgan fingerprint density at radius 3 is 3.06 bits per heavy atom. The third-order valence-corrected chi connectivity index (χ3v) is 3.01. The standard InChI is InChI=1S/C13H20N2O2/c1-13(16)9-14-6-7-15(10-13)11-4-3-5-12(8-11)17-2/h3-5,8,14,16H,6-7,9-10H2,1-2H3. The van der Waals surface area contributed by atoms with Gasteiger partial charge in [0.25, 0.3) is 0 Å². The van der Waals surface area contributed by atoms with Crippen LogP contribution < -0.4 is 15.0 Å². The molecule has 0 aromatic heterocycles. The molecule has 1 aliphatic rings. The Bertz CT molecular complexity index is 379. The number of methoxy groups -OCH3 is 1. The zero-order chi connectivity index (χ0) is 12.3. The van der Waals surface area contributed by atoms with Crippen molar-refractivity contribution in [1.82, 2.24) is 5.32 Å². The molecule has 4 nitrogen and oxygen atoms in total. The van der Waals surface area contributed by atoms with Gasteiger partial charge in [0.1, 0.15) is 5.75 Å². The fourth-order valence-corrected chi connectivity index (χ4v) is 2.15. The van der Waals surface area contributed by atoms with Crippen molar-refractivity contribution in [2.75, 3.05) is 38.2 Å². The highest BCUT2D eigenvalue weighted by Crippen LogP contribution is 2.23. The Balaban J connectivity index is 2.19. The molecule has 1 fully saturated rings. The second-order valence-electron chi connectivity index (χ2n) is 4.80. The lowest BCUT2D eigenvalue weighted by Gasteiger charge is -2.29. The van der Waals surface area contributed by atoms with Crippen molar-refractivity contribution in [1.29, 1.82) is 0 Å². The number of rotatable bonds is 2. The lowest BCUT2D eigenvalue weighted by molar-refractivity contribution is 0.0729. The quantitative estimate of drug-likeness (QED) is 0.799. The van der Waals surface area contributed by atoms with Gasteiger partial charge in [-0.15, -0.1) is 0 Å². The molecule has 0 saturated carbocycles. The first kappa shape index (κ1) is 12.2. The Hall–Kier alpha value is -1.26. The Morgan fingerprint density at radius 1 is 1.47 bits per heavy atom. The minimum absolute atomic E-state index is 0.632. The van der Waals surface area contributed by atoms with E-state index in [0.717, 1.165) is 24.5 Å². The second kappa shape index (κ2) is 4.94. The summed E-state index contributed by atoms with van der Waals surface area (Å²) in [5, 5.41) is 13.4. The highest BCUT2D eigenvalue weighted by Gasteiger charge is 2.26. The topological polar surface area (TPSA) is 44.7 Å². The van der Waals surface area contributed by atoms with E-state index in [-0.39, 0.29) is 0 Å². The summed E-state index contributed by atoms with van der Waals surface area (Å²) >= 11 is 0. The van der Waals surface area contributed by atoms with Crippen LogP contribution in [0.4, 0.5) is 5.69 Å². The monoisotopic (exact) mass is 236 g/mol. The third-order valence-electron chi connectivity index (χ3n) is 3.01. The van der Waals surface area contributed by atoms with E-state index in [1.54, 1.807) is 7.11 Å². The summed E-state index contributed by atoms with van der Waals surface area (Å²) in [4.78, 5) is 2.18. The number of benzene rings is 1. The molecule has 2 rings (SSSR count). The van der Waals surface area contributed by atoms with Gasteiger partial charge in [0, 0.05) is 37.9 Å². The maximum absolute atomic E-state index is 10.2. The van der Waals surface area contributed by atoms with Crippen LogP contribution in [0.3, 0.4) is 0 Å². The summed E-state index contributed by atoms with van der Waals surface area (Å²) < 4.78 is 5.22. The molecule has 1 unspecified atom stereocenters. The van der Waals surface area contributed by atoms with Crippen LogP contribution in [0, 0.1) is 0 Å². The first-order chi connectivity index (χ1) is 8.11. The number of hydrogen-bond donors (Lipinski definition) is 2. The molecule has 1 saturated heterocycles. The van der Waals surface area contributed by atoms with Crippen LogP contribution >= 0.6 is 0 Å². The second-order valence-corrected chi connectivity index (χ2v) is 4.80. The van der Waals surface area contributed by atoms with E-state index in [9.17, 15) is 5.11 Å². The van der Waals surface area contributed by atoms with Crippen molar-refractivity contribution >= 4 is 5.69 Å². The molecule has 0 amide bonds. The molecule has 1 atom stereocenters. The van der Waals surface area contributed by atoms with E-state index in [2.05, 4.69) is 10.2 Å². The molecule has 17 heavy (non-hydrogen) atoms. The predicted octanol–water partition coefficient (Wildman–Crippen LogP) is 0.856. The van der Waals surface area contributed by atoms with Gasteiger partial charge in [-0.25, -0.2) is 0 Å². The molecule has 0 bridgehead atoms. The van der Waals surface area contributed by atoms with Gasteiger partial charge in [0.15, 0.2) is 0 Å². The van der Waals surface area contributed by atoms with Crippen LogP contribution in [0.2, 0.25) is 0 Å². The van der Waals surface area contributed by atoms with Crippen molar-refractivity contribution in [3.63, 3.8) is 0 Å². The number of β-amino-alcohol motifs (C(OH)–C–C–N with tert-alkyl or cyclic N) is 1. The number of hydrogen-bond acceptors (Lipinski definition) is 4. The van der Waals surface area contributed by atoms with Crippen LogP contribution in [-0.4, -0.2) is 44.0 Å². The number of anilines is 1. The minimum atomic E-state index is -0.695. The molecule has 0 aliphatic carbocycles. The van der Waals surface area contributed by atoms with Gasteiger partial charge in [-0.05, 0) is 19.1 Å². The molecule has 1 aromatic rings. The number of aliphatic hydroxyl groups is 1. The zero-order valence-corrected chi connectivity index (χ0v) is 10.4. The molecule has 94 valence electrons. The predicted molar refractivity (Wildman–Crippen MR) is 68.7 cm³/mol. The Labute approximate surface area is 102 Å². The largest absolute Gasteiger partial charge is 0.497 e. The summed E-state index contributed by atoms with van der Waals surface area (Å²) in [5.41, 5.74) is 0.396. The van der Waals surface area contributed by atoms with E-state index in [1.165, 1.54) is 0 Å². The van der Waals surface area contributed by atoms with E-state index < -0.39 is 5.60 Å². The fraction of sp³-hybridized carbons (Fsp3) is 0.538. The molecule has 1 heterocycles. The van der Waals surface area contributed by atoms with Crippen molar-refractivity contribution in [3.05, 3.63) is 24.3 Å². The SMILES string of the molecule is COc1cccc(N2CCNCC(C)(O)C2)c1. The van der Waals surface area contributed by atoms with Crippen LogP contribution in [0.15, 0.2) is 24.3 Å². The molecule has 0 radical (unpaired) electrons. The Morgan fingerprint density at radius 2 is 2.29 bits per heavy atom. The van der Waals surface area contributed by atoms with E-state index in [1.807, 2.05) is 31.2 Å². The highest BCUT2D eigenvalue weighted by molar-refractivity contribution is 5.51. The average Bonchev–Trinajstić information content (AvgIpc) is 2.50. The lowest BCUT2D eigenvalue weighted by Crippen LogP contribution is -2.43. The third kappa shape index (κ3) is 3.11. The van der Waals surface area contributed by atoms with Gasteiger partial charge < -0.3 is 20.1 Å². The summed E-state index contributed by atoms with van der Waals surface area (Å²) in [6, 6.07) is 7.95. The van der Waals surface area contributed by atoms with Crippen LogP contribution in [-0.2, 0) is 0 Å². The van der Waals surface area contributed by atoms with Gasteiger partial charge in [-0.2, -0.15) is 0 Å². The van der Waals surface area contributed by atoms with Gasteiger partial charge in [-0.3, -0.25) is 0 Å². The number of ether oxygens (including phenoxy) is 1. The van der Waals surface area contributed by atoms with Crippen LogP contribution in [0.1, 0.15) is 6.92 Å². The number of nitrogens with zero attached hydrogens (tertiary/aromatic N) is 1. The summed E-state index contributed by atoms with van der Waals surface area (Å²) in [5.74, 6) is 0.847. The van der Waals surface area contributed by atoms with Gasteiger partial charge in [0.2, 0.25) is 0 Å². The molecular weight excluding hydrogens is 216 g/mol. The summed E-state index contributed by atoms with van der Waals surface area (Å²) in [6.07, 6.45) is 0.